The van der Waals surface area contributed by atoms with E-state index in [1.165, 1.54) is 19.0 Å². The molecule has 1 amide bonds. The van der Waals surface area contributed by atoms with E-state index < -0.39 is 83.4 Å². The van der Waals surface area contributed by atoms with E-state index in [0.717, 1.165) is 10.3 Å². The van der Waals surface area contributed by atoms with Crippen molar-refractivity contribution in [1.82, 2.24) is 30.0 Å². The summed E-state index contributed by atoms with van der Waals surface area (Å²) in [5, 5.41) is 33.5. The Morgan fingerprint density at radius 1 is 1.08 bits per heavy atom. The molecule has 0 radical (unpaired) electrons. The van der Waals surface area contributed by atoms with E-state index in [1.807, 2.05) is 53.6 Å². The number of aryl methyl sites for hydroxylation is 1. The number of hydrogen-bond donors (Lipinski definition) is 1. The third kappa shape index (κ3) is 8.68. The number of hydrazine groups is 1. The van der Waals surface area contributed by atoms with Gasteiger partial charge in [0.25, 0.3) is 0 Å². The van der Waals surface area contributed by atoms with Gasteiger partial charge in [-0.3, -0.25) is 14.6 Å². The third-order valence-corrected chi connectivity index (χ3v) is 13.2. The van der Waals surface area contributed by atoms with Crippen molar-refractivity contribution in [1.29, 1.82) is 0 Å². The van der Waals surface area contributed by atoms with Crippen LogP contribution in [0.25, 0.3) is 11.4 Å². The molecule has 18 nitrogen and oxygen atoms in total. The number of aromatic nitrogens is 3. The molecule has 4 aliphatic rings. The number of cyclic esters (lactones) is 1. The van der Waals surface area contributed by atoms with Crippen LogP contribution >= 0.6 is 0 Å². The summed E-state index contributed by atoms with van der Waals surface area (Å²) in [6.45, 7) is 14.3. The fourth-order valence-corrected chi connectivity index (χ4v) is 9.98. The highest BCUT2D eigenvalue weighted by Crippen LogP contribution is 2.45. The van der Waals surface area contributed by atoms with Crippen LogP contribution < -0.4 is 0 Å². The molecule has 3 saturated heterocycles. The van der Waals surface area contributed by atoms with Gasteiger partial charge in [0.15, 0.2) is 23.4 Å². The Hall–Kier alpha value is -4.07. The number of carbonyl (C=O) groups is 3. The minimum Gasteiger partial charge on any atom is -0.623 e. The molecule has 13 atom stereocenters. The van der Waals surface area contributed by atoms with Gasteiger partial charge in [-0.1, -0.05) is 32.9 Å². The van der Waals surface area contributed by atoms with Crippen LogP contribution in [-0.2, 0) is 39.7 Å². The number of methoxy groups -OCH3 is 1. The molecule has 0 aliphatic carbocycles. The number of hydrogen-bond acceptors (Lipinski definition) is 16. The van der Waals surface area contributed by atoms with Crippen molar-refractivity contribution in [3.8, 4) is 11.4 Å². The first-order valence-corrected chi connectivity index (χ1v) is 21.1. The van der Waals surface area contributed by atoms with Gasteiger partial charge in [-0.05, 0) is 79.6 Å². The number of pyridine rings is 1. The lowest BCUT2D eigenvalue weighted by atomic mass is 9.73. The number of rotatable bonds is 10. The Balaban J connectivity index is 1.38. The van der Waals surface area contributed by atoms with Crippen molar-refractivity contribution >= 4 is 23.6 Å². The van der Waals surface area contributed by atoms with Crippen LogP contribution in [0.4, 0.5) is 4.79 Å². The number of nitrogens with zero attached hydrogens (tertiary/aromatic N) is 7. The molecule has 0 saturated carbocycles. The molecule has 0 aromatic carbocycles. The summed E-state index contributed by atoms with van der Waals surface area (Å²) in [6, 6.07) is 2.47. The average molecular weight is 842 g/mol. The van der Waals surface area contributed by atoms with Crippen molar-refractivity contribution in [2.24, 2.45) is 23.7 Å². The van der Waals surface area contributed by atoms with E-state index in [0.29, 0.717) is 36.7 Å². The number of ketones is 1. The highest BCUT2D eigenvalue weighted by molar-refractivity contribution is 6.00. The summed E-state index contributed by atoms with van der Waals surface area (Å²) >= 11 is 0. The van der Waals surface area contributed by atoms with Gasteiger partial charge in [-0.15, -0.1) is 0 Å². The molecule has 4 aliphatic heterocycles. The largest absolute Gasteiger partial charge is 0.623 e. The molecule has 6 rings (SSSR count). The smallest absolute Gasteiger partial charge is 0.425 e. The molecular formula is C42H63N7O11. The number of likely N-dealkylation sites (N-methyl/N-ethyl adjacent to an activating group) is 1. The van der Waals surface area contributed by atoms with Gasteiger partial charge in [0, 0.05) is 55.9 Å². The number of aliphatic hydroxyl groups excluding tert-OH is 1. The predicted molar refractivity (Wildman–Crippen MR) is 216 cm³/mol. The molecule has 0 spiro atoms. The Kier molecular flexibility index (Phi) is 13.7. The number of Topliss-reactive ketones (excluding diaryl/α,β-unsaturated/α-hetero) is 1. The van der Waals surface area contributed by atoms with Crippen molar-refractivity contribution in [3.05, 3.63) is 35.6 Å². The van der Waals surface area contributed by atoms with Gasteiger partial charge in [0.1, 0.15) is 24.2 Å². The number of esters is 1. The number of amides is 1. The lowest BCUT2D eigenvalue weighted by molar-refractivity contribution is -0.494. The fourth-order valence-electron chi connectivity index (χ4n) is 9.98. The van der Waals surface area contributed by atoms with E-state index in [2.05, 4.69) is 15.1 Å². The van der Waals surface area contributed by atoms with Crippen LogP contribution in [0.1, 0.15) is 87.0 Å². The molecule has 3 fully saturated rings. The Morgan fingerprint density at radius 2 is 1.78 bits per heavy atom. The third-order valence-electron chi connectivity index (χ3n) is 13.2. The zero-order chi connectivity index (χ0) is 43.8. The Bertz CT molecular complexity index is 1880. The van der Waals surface area contributed by atoms with E-state index in [-0.39, 0.29) is 38.2 Å². The average Bonchev–Trinajstić information content (AvgIpc) is 3.76. The van der Waals surface area contributed by atoms with Gasteiger partial charge in [0.2, 0.25) is 18.4 Å². The fraction of sp³-hybridized carbons (Fsp3) is 0.738. The molecule has 18 heteroatoms. The van der Waals surface area contributed by atoms with E-state index in [4.69, 9.17) is 28.2 Å². The monoisotopic (exact) mass is 841 g/mol. The molecule has 0 unspecified atom stereocenters. The normalized spacial score (nSPS) is 37.2. The maximum Gasteiger partial charge on any atom is 0.425 e. The topological polar surface area (TPSA) is 205 Å². The van der Waals surface area contributed by atoms with Crippen LogP contribution in [-0.4, -0.2) is 152 Å². The van der Waals surface area contributed by atoms with Crippen LogP contribution in [0.15, 0.2) is 29.0 Å². The number of carbonyl (C=O) groups excluding carboxylic acids is 3. The van der Waals surface area contributed by atoms with Crippen molar-refractivity contribution < 1.29 is 52.4 Å². The Morgan fingerprint density at radius 3 is 2.43 bits per heavy atom. The van der Waals surface area contributed by atoms with Crippen molar-refractivity contribution in [2.75, 3.05) is 34.4 Å². The van der Waals surface area contributed by atoms with Gasteiger partial charge in [0.05, 0.1) is 23.7 Å². The highest BCUT2D eigenvalue weighted by Gasteiger charge is 2.64. The quantitative estimate of drug-likeness (QED) is 0.156. The van der Waals surface area contributed by atoms with Crippen LogP contribution in [0.5, 0.6) is 0 Å². The minimum absolute atomic E-state index is 0.185. The molecule has 2 aromatic heterocycles. The van der Waals surface area contributed by atoms with Crippen molar-refractivity contribution in [3.63, 3.8) is 0 Å². The number of aliphatic hydroxyl groups is 1. The minimum atomic E-state index is -1.43. The van der Waals surface area contributed by atoms with E-state index in [1.54, 1.807) is 43.4 Å². The zero-order valence-corrected chi connectivity index (χ0v) is 36.8. The molecule has 60 heavy (non-hydrogen) atoms. The summed E-state index contributed by atoms with van der Waals surface area (Å²) in [5.74, 6) is -3.75. The molecule has 2 aromatic rings. The van der Waals surface area contributed by atoms with E-state index >= 15 is 0 Å². The second-order valence-corrected chi connectivity index (χ2v) is 17.7. The Labute approximate surface area is 352 Å². The van der Waals surface area contributed by atoms with Crippen LogP contribution in [0, 0.1) is 28.9 Å². The lowest BCUT2D eigenvalue weighted by Gasteiger charge is -2.47. The van der Waals surface area contributed by atoms with Gasteiger partial charge in [-0.2, -0.15) is 14.7 Å². The number of fused-ring (bicyclic) bond motifs is 1. The SMILES string of the molecule is CC[C@H]1OC(=O)[C@H](C)C(=O)[C@H](C)[C@@H](O[C@@H]2O[C@H](C)C[C@H](N(C)C)[C@H]2O)[C@@](C)(OC)C[C@@H](C)C2=[N+]([O-])CN(CCCc3nc(-c4ccncc4)no3)N3C(=O)O[C@@]1(C)[C@H]3[C@H]2C. The maximum atomic E-state index is 14.7. The standard InChI is InChI=1S/C42H63N7O11/c1-12-30-42(8)35-25(4)32(48(54)22-47(49(35)40(53)59-42)19-13-14-31-44-37(45-60-31)28-15-17-43-18-16-28)23(2)21-41(7,55-11)36(26(5)33(50)27(6)38(52)57-30)58-39-34(51)29(46(9)10)20-24(3)56-39/h15-18,23-27,29-30,34-36,39,51H,12-14,19-22H2,1-11H3/t23-,24-,25+,26+,27-,29+,30-,34-,35-,36-,39+,41+,42-/m1/s1. The molecule has 332 valence electrons. The van der Waals surface area contributed by atoms with Crippen LogP contribution in [0.3, 0.4) is 0 Å². The van der Waals surface area contributed by atoms with Gasteiger partial charge in [-0.25, -0.2) is 9.80 Å². The van der Waals surface area contributed by atoms with Crippen LogP contribution in [0.2, 0.25) is 0 Å². The first-order valence-electron chi connectivity index (χ1n) is 21.1. The molecule has 6 heterocycles. The van der Waals surface area contributed by atoms with Gasteiger partial charge >= 0.3 is 12.1 Å². The first kappa shape index (κ1) is 45.5. The summed E-state index contributed by atoms with van der Waals surface area (Å²) < 4.78 is 38.1. The zero-order valence-electron chi connectivity index (χ0n) is 36.8. The van der Waals surface area contributed by atoms with Crippen molar-refractivity contribution in [2.45, 2.75) is 141 Å². The maximum absolute atomic E-state index is 14.7. The summed E-state index contributed by atoms with van der Waals surface area (Å²) in [6.07, 6.45) is -0.0927. The first-order chi connectivity index (χ1) is 28.3. The van der Waals surface area contributed by atoms with Gasteiger partial charge < -0.3 is 43.4 Å². The summed E-state index contributed by atoms with van der Waals surface area (Å²) in [7, 11) is 5.26. The molecule has 1 N–H and O–H groups in total. The highest BCUT2D eigenvalue weighted by atomic mass is 16.7. The lowest BCUT2D eigenvalue weighted by Crippen LogP contribution is -2.61. The predicted octanol–water partition coefficient (Wildman–Crippen LogP) is 3.84. The number of ether oxygens (including phenoxy) is 5. The molecule has 2 bridgehead atoms. The number of hydroxylamine groups is 1. The second kappa shape index (κ2) is 18.1. The van der Waals surface area contributed by atoms with E-state index in [9.17, 15) is 24.7 Å². The summed E-state index contributed by atoms with van der Waals surface area (Å²) in [5.41, 5.74) is -1.47. The second-order valence-electron chi connectivity index (χ2n) is 17.7. The summed E-state index contributed by atoms with van der Waals surface area (Å²) in [4.78, 5) is 53.1. The molecular weight excluding hydrogens is 778 g/mol.